The second-order valence-corrected chi connectivity index (χ2v) is 5.62. The van der Waals surface area contributed by atoms with Crippen molar-refractivity contribution in [2.45, 2.75) is 26.4 Å². The van der Waals surface area contributed by atoms with Gasteiger partial charge in [-0.05, 0) is 37.6 Å². The summed E-state index contributed by atoms with van der Waals surface area (Å²) in [6, 6.07) is 10.9. The van der Waals surface area contributed by atoms with Gasteiger partial charge in [-0.25, -0.2) is 4.99 Å². The van der Waals surface area contributed by atoms with Crippen molar-refractivity contribution in [2.24, 2.45) is 10.7 Å². The third kappa shape index (κ3) is 4.76. The lowest BCUT2D eigenvalue weighted by Gasteiger charge is -2.19. The zero-order chi connectivity index (χ0) is 17.5. The van der Waals surface area contributed by atoms with Gasteiger partial charge in [0, 0.05) is 11.6 Å². The second kappa shape index (κ2) is 8.40. The van der Waals surface area contributed by atoms with E-state index in [0.29, 0.717) is 23.3 Å². The molecule has 7 heteroatoms. The fourth-order valence-corrected chi connectivity index (χ4v) is 2.48. The van der Waals surface area contributed by atoms with Crippen LogP contribution in [0.3, 0.4) is 0 Å². The van der Waals surface area contributed by atoms with Gasteiger partial charge in [-0.15, -0.1) is 0 Å². The standard InChI is InChI=1S/C17H21ClN4O2/c1-3-20-17(21-10-12-8-9-15(24-12)16(19)23)22-11(2)13-6-4-5-7-14(13)18/h4-9,11H,3,10H2,1-2H3,(H2,19,23)(H2,20,21,22). The highest BCUT2D eigenvalue weighted by atomic mass is 35.5. The normalized spacial score (nSPS) is 12.7. The second-order valence-electron chi connectivity index (χ2n) is 5.21. The smallest absolute Gasteiger partial charge is 0.284 e. The number of furan rings is 1. The SMILES string of the molecule is CCNC(=NCc1ccc(C(N)=O)o1)NC(C)c1ccccc1Cl. The van der Waals surface area contributed by atoms with Crippen LogP contribution in [0.2, 0.25) is 5.02 Å². The Labute approximate surface area is 146 Å². The summed E-state index contributed by atoms with van der Waals surface area (Å²) in [4.78, 5) is 15.5. The fraction of sp³-hybridized carbons (Fsp3) is 0.294. The van der Waals surface area contributed by atoms with E-state index in [1.54, 1.807) is 12.1 Å². The zero-order valence-corrected chi connectivity index (χ0v) is 14.4. The average Bonchev–Trinajstić information content (AvgIpc) is 3.02. The molecule has 0 aliphatic heterocycles. The van der Waals surface area contributed by atoms with Gasteiger partial charge in [0.2, 0.25) is 0 Å². The van der Waals surface area contributed by atoms with Gasteiger partial charge in [0.25, 0.3) is 5.91 Å². The molecule has 24 heavy (non-hydrogen) atoms. The van der Waals surface area contributed by atoms with Crippen molar-refractivity contribution in [3.8, 4) is 0 Å². The molecule has 0 radical (unpaired) electrons. The highest BCUT2D eigenvalue weighted by Gasteiger charge is 2.11. The Balaban J connectivity index is 2.07. The highest BCUT2D eigenvalue weighted by molar-refractivity contribution is 6.31. The molecule has 1 aromatic carbocycles. The van der Waals surface area contributed by atoms with Crippen molar-refractivity contribution >= 4 is 23.5 Å². The summed E-state index contributed by atoms with van der Waals surface area (Å²) < 4.78 is 5.32. The first-order chi connectivity index (χ1) is 11.5. The molecule has 1 atom stereocenters. The molecule has 0 saturated carbocycles. The lowest BCUT2D eigenvalue weighted by molar-refractivity contribution is 0.0972. The topological polar surface area (TPSA) is 92.6 Å². The molecule has 0 saturated heterocycles. The van der Waals surface area contributed by atoms with Crippen molar-refractivity contribution < 1.29 is 9.21 Å². The van der Waals surface area contributed by atoms with Crippen LogP contribution in [-0.2, 0) is 6.54 Å². The van der Waals surface area contributed by atoms with Gasteiger partial charge >= 0.3 is 0 Å². The van der Waals surface area contributed by atoms with Crippen molar-refractivity contribution in [3.63, 3.8) is 0 Å². The summed E-state index contributed by atoms with van der Waals surface area (Å²) in [5.74, 6) is 0.721. The summed E-state index contributed by atoms with van der Waals surface area (Å²) in [5.41, 5.74) is 6.15. The van der Waals surface area contributed by atoms with E-state index in [2.05, 4.69) is 15.6 Å². The van der Waals surface area contributed by atoms with E-state index in [9.17, 15) is 4.79 Å². The van der Waals surface area contributed by atoms with Crippen LogP contribution in [0.1, 0.15) is 41.8 Å². The van der Waals surface area contributed by atoms with Crippen molar-refractivity contribution in [1.29, 1.82) is 0 Å². The largest absolute Gasteiger partial charge is 0.454 e. The van der Waals surface area contributed by atoms with Crippen molar-refractivity contribution in [1.82, 2.24) is 10.6 Å². The number of carbonyl (C=O) groups is 1. The van der Waals surface area contributed by atoms with Crippen LogP contribution in [0.5, 0.6) is 0 Å². The number of nitrogens with two attached hydrogens (primary N) is 1. The molecule has 0 fully saturated rings. The Morgan fingerprint density at radius 1 is 1.33 bits per heavy atom. The molecule has 1 aromatic heterocycles. The number of halogens is 1. The van der Waals surface area contributed by atoms with Crippen LogP contribution in [-0.4, -0.2) is 18.4 Å². The fourth-order valence-electron chi connectivity index (χ4n) is 2.18. The zero-order valence-electron chi connectivity index (χ0n) is 13.7. The maximum atomic E-state index is 11.0. The van der Waals surface area contributed by atoms with Gasteiger partial charge < -0.3 is 20.8 Å². The third-order valence-electron chi connectivity index (χ3n) is 3.37. The average molecular weight is 349 g/mol. The number of hydrogen-bond acceptors (Lipinski definition) is 3. The molecule has 2 rings (SSSR count). The van der Waals surface area contributed by atoms with Gasteiger partial charge in [0.05, 0.1) is 6.04 Å². The van der Waals surface area contributed by atoms with Crippen molar-refractivity contribution in [3.05, 3.63) is 58.5 Å². The number of hydrogen-bond donors (Lipinski definition) is 3. The Morgan fingerprint density at radius 3 is 2.71 bits per heavy atom. The number of rotatable bonds is 6. The molecule has 0 bridgehead atoms. The number of nitrogens with one attached hydrogen (secondary N) is 2. The van der Waals surface area contributed by atoms with E-state index in [0.717, 1.165) is 5.56 Å². The molecule has 0 aliphatic rings. The van der Waals surface area contributed by atoms with Gasteiger partial charge in [-0.2, -0.15) is 0 Å². The number of primary amides is 1. The summed E-state index contributed by atoms with van der Waals surface area (Å²) in [6.45, 7) is 4.99. The number of nitrogens with zero attached hydrogens (tertiary/aromatic N) is 1. The molecular weight excluding hydrogens is 328 g/mol. The van der Waals surface area contributed by atoms with Crippen LogP contribution >= 0.6 is 11.6 Å². The van der Waals surface area contributed by atoms with Gasteiger partial charge in [-0.3, -0.25) is 4.79 Å². The predicted molar refractivity (Wildman–Crippen MR) is 95.0 cm³/mol. The Bertz CT molecular complexity index is 727. The first-order valence-corrected chi connectivity index (χ1v) is 8.06. The summed E-state index contributed by atoms with van der Waals surface area (Å²) in [7, 11) is 0. The molecule has 2 aromatic rings. The maximum Gasteiger partial charge on any atom is 0.284 e. The lowest BCUT2D eigenvalue weighted by atomic mass is 10.1. The number of amides is 1. The van der Waals surface area contributed by atoms with Crippen LogP contribution in [0.4, 0.5) is 0 Å². The van der Waals surface area contributed by atoms with Gasteiger partial charge in [0.1, 0.15) is 12.3 Å². The van der Waals surface area contributed by atoms with E-state index in [1.807, 2.05) is 38.1 Å². The Hall–Kier alpha value is -2.47. The van der Waals surface area contributed by atoms with Crippen LogP contribution in [0, 0.1) is 0 Å². The highest BCUT2D eigenvalue weighted by Crippen LogP contribution is 2.22. The quantitative estimate of drug-likeness (QED) is 0.553. The van der Waals surface area contributed by atoms with Gasteiger partial charge in [-0.1, -0.05) is 29.8 Å². The minimum atomic E-state index is -0.595. The maximum absolute atomic E-state index is 11.0. The first kappa shape index (κ1) is 17.9. The predicted octanol–water partition coefficient (Wildman–Crippen LogP) is 2.85. The van der Waals surface area contributed by atoms with Crippen LogP contribution in [0.25, 0.3) is 0 Å². The minimum Gasteiger partial charge on any atom is -0.454 e. The van der Waals surface area contributed by atoms with Gasteiger partial charge in [0.15, 0.2) is 11.7 Å². The molecule has 0 spiro atoms. The summed E-state index contributed by atoms with van der Waals surface area (Å²) in [5, 5.41) is 7.16. The van der Waals surface area contributed by atoms with Crippen molar-refractivity contribution in [2.75, 3.05) is 6.54 Å². The Morgan fingerprint density at radius 2 is 2.08 bits per heavy atom. The summed E-state index contributed by atoms with van der Waals surface area (Å²) >= 11 is 6.23. The number of aliphatic imine (C=N–C) groups is 1. The molecule has 6 nitrogen and oxygen atoms in total. The molecule has 1 heterocycles. The minimum absolute atomic E-state index is 0.0192. The molecule has 0 aliphatic carbocycles. The van der Waals surface area contributed by atoms with E-state index in [4.69, 9.17) is 21.8 Å². The first-order valence-electron chi connectivity index (χ1n) is 7.69. The molecule has 1 amide bonds. The molecular formula is C17H21ClN4O2. The van der Waals surface area contributed by atoms with E-state index in [1.165, 1.54) is 0 Å². The molecule has 128 valence electrons. The lowest BCUT2D eigenvalue weighted by Crippen LogP contribution is -2.38. The van der Waals surface area contributed by atoms with E-state index < -0.39 is 5.91 Å². The van der Waals surface area contributed by atoms with Crippen LogP contribution < -0.4 is 16.4 Å². The van der Waals surface area contributed by atoms with Crippen LogP contribution in [0.15, 0.2) is 45.8 Å². The number of benzene rings is 1. The van der Waals surface area contributed by atoms with E-state index in [-0.39, 0.29) is 18.3 Å². The third-order valence-corrected chi connectivity index (χ3v) is 3.71. The monoisotopic (exact) mass is 348 g/mol. The van der Waals surface area contributed by atoms with E-state index >= 15 is 0 Å². The number of carbonyl (C=O) groups excluding carboxylic acids is 1. The number of guanidine groups is 1. The Kier molecular flexibility index (Phi) is 6.26. The summed E-state index contributed by atoms with van der Waals surface area (Å²) in [6.07, 6.45) is 0. The molecule has 1 unspecified atom stereocenters. The molecule has 4 N–H and O–H groups in total.